The zero-order valence-electron chi connectivity index (χ0n) is 21.8. The standard InChI is InChI=1S/C29H31FN8O/c1-39-28-5-2-19(12-34-28)15-38-24-8-25(38)18-37(17-24)27-4-3-20(13-33-27)26-9-23(36-7-6-22(30)16-36)14-35-29(26)21(10-31)11-32/h2-5,9-10,12-14,22,24-25,31,35H,6-8,15-18H2,1H3/b29-21+,31-10?/t22-,24?,25?/m1/s1. The van der Waals surface area contributed by atoms with Crippen LogP contribution in [-0.4, -0.2) is 77.5 Å². The highest BCUT2D eigenvalue weighted by Crippen LogP contribution is 2.36. The van der Waals surface area contributed by atoms with Gasteiger partial charge in [-0.05, 0) is 36.6 Å². The molecule has 0 aliphatic carbocycles. The lowest BCUT2D eigenvalue weighted by atomic mass is 9.87. The topological polar surface area (TPSA) is 104 Å². The molecule has 7 rings (SSSR count). The Morgan fingerprint density at radius 1 is 1.18 bits per heavy atom. The van der Waals surface area contributed by atoms with E-state index >= 15 is 0 Å². The summed E-state index contributed by atoms with van der Waals surface area (Å²) in [6.45, 7) is 3.72. The number of rotatable bonds is 7. The molecule has 0 radical (unpaired) electrons. The van der Waals surface area contributed by atoms with Crippen LogP contribution in [0.3, 0.4) is 0 Å². The Hall–Kier alpha value is -4.23. The fraction of sp³-hybridized carbons (Fsp3) is 0.379. The number of anilines is 1. The molecule has 5 aliphatic heterocycles. The molecule has 9 nitrogen and oxygen atoms in total. The number of fused-ring (bicyclic) bond motifs is 2. The number of pyridine rings is 2. The summed E-state index contributed by atoms with van der Waals surface area (Å²) >= 11 is 0. The van der Waals surface area contributed by atoms with Crippen molar-refractivity contribution >= 4 is 17.6 Å². The van der Waals surface area contributed by atoms with E-state index in [1.165, 1.54) is 12.0 Å². The molecule has 10 heteroatoms. The number of alkyl halides is 1. The second-order valence-corrected chi connectivity index (χ2v) is 10.4. The molecule has 2 bridgehead atoms. The van der Waals surface area contributed by atoms with Gasteiger partial charge in [0.25, 0.3) is 0 Å². The summed E-state index contributed by atoms with van der Waals surface area (Å²) in [7, 11) is 1.63. The summed E-state index contributed by atoms with van der Waals surface area (Å²) in [5.74, 6) is 1.56. The summed E-state index contributed by atoms with van der Waals surface area (Å²) in [6, 6.07) is 11.1. The Kier molecular flexibility index (Phi) is 6.75. The van der Waals surface area contributed by atoms with E-state index in [-0.39, 0.29) is 5.57 Å². The Balaban J connectivity index is 1.17. The lowest BCUT2D eigenvalue weighted by molar-refractivity contribution is -0.00877. The Morgan fingerprint density at radius 3 is 2.64 bits per heavy atom. The molecule has 2 aromatic heterocycles. The number of dihydropyridines is 1. The van der Waals surface area contributed by atoms with E-state index in [1.807, 2.05) is 41.6 Å². The van der Waals surface area contributed by atoms with Gasteiger partial charge in [0.05, 0.1) is 24.1 Å². The number of ether oxygens (including phenoxy) is 1. The van der Waals surface area contributed by atoms with Gasteiger partial charge < -0.3 is 25.3 Å². The van der Waals surface area contributed by atoms with E-state index in [1.54, 1.807) is 13.3 Å². The van der Waals surface area contributed by atoms with Gasteiger partial charge in [-0.25, -0.2) is 14.4 Å². The molecule has 3 atom stereocenters. The van der Waals surface area contributed by atoms with Gasteiger partial charge >= 0.3 is 0 Å². The smallest absolute Gasteiger partial charge is 0.212 e. The monoisotopic (exact) mass is 526 g/mol. The Morgan fingerprint density at radius 2 is 2.03 bits per heavy atom. The van der Waals surface area contributed by atoms with Crippen LogP contribution in [0.25, 0.3) is 5.57 Å². The molecule has 2 N–H and O–H groups in total. The van der Waals surface area contributed by atoms with Gasteiger partial charge in [-0.1, -0.05) is 6.07 Å². The van der Waals surface area contributed by atoms with Crippen molar-refractivity contribution < 1.29 is 9.13 Å². The third kappa shape index (κ3) is 4.86. The zero-order chi connectivity index (χ0) is 26.9. The predicted octanol–water partition coefficient (Wildman–Crippen LogP) is 3.25. The minimum Gasteiger partial charge on any atom is -0.481 e. The SMILES string of the molecule is COc1ccc(CN2C3CC2CN(c2ccc(C4=CC(N5CC[C@@H](F)C5)=CN/C4=C(/C#N)C=N)cn2)C3)cn1. The number of methoxy groups -OCH3 is 1. The average Bonchev–Trinajstić information content (AvgIpc) is 3.43. The molecule has 0 amide bonds. The van der Waals surface area contributed by atoms with Gasteiger partial charge in [-0.2, -0.15) is 5.26 Å². The van der Waals surface area contributed by atoms with Crippen LogP contribution < -0.4 is 15.0 Å². The van der Waals surface area contributed by atoms with Crippen molar-refractivity contribution in [3.63, 3.8) is 0 Å². The maximum atomic E-state index is 13.9. The number of piperidine rings is 1. The number of halogens is 1. The number of aromatic nitrogens is 2. The van der Waals surface area contributed by atoms with E-state index < -0.39 is 6.17 Å². The summed E-state index contributed by atoms with van der Waals surface area (Å²) in [5.41, 5.74) is 4.45. The highest BCUT2D eigenvalue weighted by molar-refractivity contribution is 5.93. The summed E-state index contributed by atoms with van der Waals surface area (Å²) < 4.78 is 19.0. The maximum absolute atomic E-state index is 13.9. The molecule has 0 aromatic carbocycles. The first kappa shape index (κ1) is 25.1. The van der Waals surface area contributed by atoms with Gasteiger partial charge in [-0.15, -0.1) is 0 Å². The summed E-state index contributed by atoms with van der Waals surface area (Å²) in [6.07, 6.45) is 9.38. The van der Waals surface area contributed by atoms with Crippen molar-refractivity contribution in [3.8, 4) is 11.9 Å². The molecule has 0 saturated carbocycles. The predicted molar refractivity (Wildman–Crippen MR) is 147 cm³/mol. The van der Waals surface area contributed by atoms with E-state index in [4.69, 9.17) is 15.1 Å². The molecular weight excluding hydrogens is 495 g/mol. The molecule has 7 heterocycles. The van der Waals surface area contributed by atoms with Crippen LogP contribution in [-0.2, 0) is 6.54 Å². The van der Waals surface area contributed by atoms with Crippen LogP contribution >= 0.6 is 0 Å². The number of nitrogens with one attached hydrogen (secondary N) is 2. The van der Waals surface area contributed by atoms with Gasteiger partial charge in [0, 0.05) is 86.8 Å². The lowest BCUT2D eigenvalue weighted by Gasteiger charge is -2.56. The number of hydrogen-bond acceptors (Lipinski definition) is 9. The second kappa shape index (κ2) is 10.5. The molecule has 39 heavy (non-hydrogen) atoms. The molecule has 2 aromatic rings. The second-order valence-electron chi connectivity index (χ2n) is 10.4. The molecule has 4 fully saturated rings. The molecule has 4 saturated heterocycles. The Bertz CT molecular complexity index is 1370. The van der Waals surface area contributed by atoms with Crippen molar-refractivity contribution in [2.75, 3.05) is 38.2 Å². The fourth-order valence-corrected chi connectivity index (χ4v) is 5.93. The zero-order valence-corrected chi connectivity index (χ0v) is 21.8. The number of hydrogen-bond donors (Lipinski definition) is 2. The number of nitriles is 1. The van der Waals surface area contributed by atoms with Crippen molar-refractivity contribution in [2.45, 2.75) is 37.6 Å². The first-order valence-corrected chi connectivity index (χ1v) is 13.2. The molecule has 200 valence electrons. The van der Waals surface area contributed by atoms with Crippen LogP contribution in [0.15, 0.2) is 65.9 Å². The van der Waals surface area contributed by atoms with Crippen LogP contribution in [0.5, 0.6) is 5.88 Å². The Labute approximate surface area is 227 Å². The minimum absolute atomic E-state index is 0.230. The van der Waals surface area contributed by atoms with Crippen molar-refractivity contribution in [1.82, 2.24) is 25.1 Å². The minimum atomic E-state index is -0.837. The van der Waals surface area contributed by atoms with Crippen molar-refractivity contribution in [1.29, 1.82) is 10.7 Å². The van der Waals surface area contributed by atoms with E-state index in [0.29, 0.717) is 43.2 Å². The first-order valence-electron chi connectivity index (χ1n) is 13.2. The largest absolute Gasteiger partial charge is 0.481 e. The van der Waals surface area contributed by atoms with Crippen LogP contribution in [0.2, 0.25) is 0 Å². The third-order valence-corrected chi connectivity index (χ3v) is 8.06. The molecule has 2 unspecified atom stereocenters. The van der Waals surface area contributed by atoms with E-state index in [9.17, 15) is 9.65 Å². The number of likely N-dealkylation sites (tertiary alicyclic amines) is 1. The molecular formula is C29H31FN8O. The van der Waals surface area contributed by atoms with Gasteiger partial charge in [-0.3, -0.25) is 4.90 Å². The van der Waals surface area contributed by atoms with Crippen LogP contribution in [0.4, 0.5) is 10.2 Å². The highest BCUT2D eigenvalue weighted by atomic mass is 19.1. The first-order chi connectivity index (χ1) is 19.1. The van der Waals surface area contributed by atoms with Crippen LogP contribution in [0, 0.1) is 16.7 Å². The molecule has 0 spiro atoms. The van der Waals surface area contributed by atoms with Gasteiger partial charge in [0.1, 0.15) is 18.1 Å². The summed E-state index contributed by atoms with van der Waals surface area (Å²) in [5, 5.41) is 20.5. The molecule has 5 aliphatic rings. The maximum Gasteiger partial charge on any atom is 0.212 e. The highest BCUT2D eigenvalue weighted by Gasteiger charge is 2.44. The van der Waals surface area contributed by atoms with Gasteiger partial charge in [0.2, 0.25) is 5.88 Å². The van der Waals surface area contributed by atoms with Crippen molar-refractivity contribution in [3.05, 3.63) is 77.0 Å². The normalized spacial score (nSPS) is 25.6. The number of nitrogens with zero attached hydrogens (tertiary/aromatic N) is 6. The van der Waals surface area contributed by atoms with E-state index in [0.717, 1.165) is 48.5 Å². The summed E-state index contributed by atoms with van der Waals surface area (Å²) in [4.78, 5) is 16.0. The number of piperazine rings is 1. The van der Waals surface area contributed by atoms with Crippen LogP contribution in [0.1, 0.15) is 24.0 Å². The van der Waals surface area contributed by atoms with Crippen molar-refractivity contribution in [2.24, 2.45) is 0 Å². The average molecular weight is 527 g/mol. The van der Waals surface area contributed by atoms with E-state index in [2.05, 4.69) is 32.2 Å². The number of allylic oxidation sites excluding steroid dienone is 3. The van der Waals surface area contributed by atoms with Gasteiger partial charge in [0.15, 0.2) is 0 Å². The lowest BCUT2D eigenvalue weighted by Crippen LogP contribution is -2.68. The quantitative estimate of drug-likeness (QED) is 0.419. The third-order valence-electron chi connectivity index (χ3n) is 8.06. The fourth-order valence-electron chi connectivity index (χ4n) is 5.93.